The van der Waals surface area contributed by atoms with E-state index < -0.39 is 0 Å². The number of benzene rings is 1. The van der Waals surface area contributed by atoms with Crippen molar-refractivity contribution in [2.45, 2.75) is 46.5 Å². The number of carbonyl (C=O) groups is 1. The number of nitrogens with one attached hydrogen (secondary N) is 1. The predicted molar refractivity (Wildman–Crippen MR) is 83.7 cm³/mol. The maximum Gasteiger partial charge on any atom is 0.261 e. The molecule has 0 bridgehead atoms. The van der Waals surface area contributed by atoms with E-state index in [4.69, 9.17) is 4.52 Å². The number of anilines is 1. The minimum absolute atomic E-state index is 0.165. The van der Waals surface area contributed by atoms with Crippen molar-refractivity contribution >= 4 is 11.6 Å². The van der Waals surface area contributed by atoms with Gasteiger partial charge in [-0.25, -0.2) is 0 Å². The molecule has 4 heteroatoms. The van der Waals surface area contributed by atoms with Crippen molar-refractivity contribution in [1.29, 1.82) is 0 Å². The van der Waals surface area contributed by atoms with Gasteiger partial charge in [0.15, 0.2) is 0 Å². The van der Waals surface area contributed by atoms with Crippen molar-refractivity contribution in [2.24, 2.45) is 0 Å². The lowest BCUT2D eigenvalue weighted by molar-refractivity contribution is 0.102. The minimum Gasteiger partial charge on any atom is -0.361 e. The fourth-order valence-electron chi connectivity index (χ4n) is 2.27. The average molecular weight is 286 g/mol. The Hall–Kier alpha value is -2.10. The highest BCUT2D eigenvalue weighted by Gasteiger charge is 2.19. The quantitative estimate of drug-likeness (QED) is 0.891. The summed E-state index contributed by atoms with van der Waals surface area (Å²) in [7, 11) is 0. The molecule has 1 atom stereocenters. The molecule has 1 N–H and O–H groups in total. The highest BCUT2D eigenvalue weighted by atomic mass is 16.5. The lowest BCUT2D eigenvalue weighted by atomic mass is 9.98. The molecule has 0 saturated carbocycles. The van der Waals surface area contributed by atoms with Crippen LogP contribution in [0.25, 0.3) is 0 Å². The molecule has 1 aromatic heterocycles. The fourth-order valence-corrected chi connectivity index (χ4v) is 2.27. The van der Waals surface area contributed by atoms with E-state index in [0.29, 0.717) is 29.4 Å². The van der Waals surface area contributed by atoms with Crippen LogP contribution in [0.5, 0.6) is 0 Å². The van der Waals surface area contributed by atoms with Crippen LogP contribution in [0.3, 0.4) is 0 Å². The number of nitrogens with zero attached hydrogens (tertiary/aromatic N) is 1. The van der Waals surface area contributed by atoms with E-state index in [9.17, 15) is 4.79 Å². The van der Waals surface area contributed by atoms with Crippen LogP contribution in [0.2, 0.25) is 0 Å². The molecule has 2 aromatic rings. The summed E-state index contributed by atoms with van der Waals surface area (Å²) in [4.78, 5) is 12.3. The zero-order valence-electron chi connectivity index (χ0n) is 13.1. The zero-order chi connectivity index (χ0) is 15.4. The summed E-state index contributed by atoms with van der Waals surface area (Å²) in [5, 5.41) is 6.81. The van der Waals surface area contributed by atoms with Crippen LogP contribution >= 0.6 is 0 Å². The van der Waals surface area contributed by atoms with Gasteiger partial charge in [-0.1, -0.05) is 38.1 Å². The van der Waals surface area contributed by atoms with E-state index in [1.165, 1.54) is 5.56 Å². The number of hydrogen-bond acceptors (Lipinski definition) is 3. The molecule has 1 amide bonds. The molecule has 0 spiro atoms. The Balaban J connectivity index is 2.14. The first-order valence-electron chi connectivity index (χ1n) is 7.43. The largest absolute Gasteiger partial charge is 0.361 e. The van der Waals surface area contributed by atoms with Crippen LogP contribution in [0.15, 0.2) is 28.8 Å². The van der Waals surface area contributed by atoms with Crippen molar-refractivity contribution in [3.63, 3.8) is 0 Å². The summed E-state index contributed by atoms with van der Waals surface area (Å²) in [6, 6.07) is 8.00. The molecule has 0 saturated heterocycles. The van der Waals surface area contributed by atoms with Crippen LogP contribution in [-0.4, -0.2) is 11.1 Å². The molecule has 1 aromatic carbocycles. The molecule has 0 aliphatic rings. The molecular formula is C17H22N2O2. The lowest BCUT2D eigenvalue weighted by Gasteiger charge is -2.10. The van der Waals surface area contributed by atoms with Crippen molar-refractivity contribution in [1.82, 2.24) is 5.16 Å². The topological polar surface area (TPSA) is 55.1 Å². The minimum atomic E-state index is -0.165. The summed E-state index contributed by atoms with van der Waals surface area (Å²) in [5.41, 5.74) is 3.31. The number of carbonyl (C=O) groups excluding carboxylic acids is 1. The van der Waals surface area contributed by atoms with Gasteiger partial charge in [-0.05, 0) is 43.4 Å². The van der Waals surface area contributed by atoms with E-state index in [0.717, 1.165) is 12.1 Å². The maximum absolute atomic E-state index is 12.3. The third-order valence-corrected chi connectivity index (χ3v) is 3.85. The molecule has 0 radical (unpaired) electrons. The summed E-state index contributed by atoms with van der Waals surface area (Å²) in [6.07, 6.45) is 1.78. The van der Waals surface area contributed by atoms with Crippen molar-refractivity contribution in [2.75, 3.05) is 5.32 Å². The Bertz CT molecular complexity index is 614. The second-order valence-electron chi connectivity index (χ2n) is 5.30. The summed E-state index contributed by atoms with van der Waals surface area (Å²) < 4.78 is 5.10. The highest BCUT2D eigenvalue weighted by Crippen LogP contribution is 2.21. The first-order chi connectivity index (χ1) is 10.1. The molecule has 0 aliphatic heterocycles. The number of hydrogen-bond donors (Lipinski definition) is 1. The van der Waals surface area contributed by atoms with Gasteiger partial charge in [-0.3, -0.25) is 4.79 Å². The summed E-state index contributed by atoms with van der Waals surface area (Å²) >= 11 is 0. The van der Waals surface area contributed by atoms with Crippen LogP contribution in [0, 0.1) is 6.92 Å². The van der Waals surface area contributed by atoms with Gasteiger partial charge in [0.25, 0.3) is 5.91 Å². The van der Waals surface area contributed by atoms with Gasteiger partial charge in [0.05, 0.1) is 5.69 Å². The molecule has 1 heterocycles. The number of amides is 1. The molecule has 0 aliphatic carbocycles. The van der Waals surface area contributed by atoms with E-state index in [2.05, 4.69) is 36.5 Å². The Morgan fingerprint density at radius 1 is 1.29 bits per heavy atom. The summed E-state index contributed by atoms with van der Waals surface area (Å²) in [5.74, 6) is 0.921. The standard InChI is InChI=1S/C17H22N2O2/c1-5-11(3)13-7-9-14(10-8-13)18-17(20)16-12(4)21-19-15(16)6-2/h7-11H,5-6H2,1-4H3,(H,18,20)/t11-/m0/s1. The van der Waals surface area contributed by atoms with Gasteiger partial charge in [-0.15, -0.1) is 0 Å². The Labute approximate surface area is 125 Å². The number of rotatable bonds is 5. The van der Waals surface area contributed by atoms with Gasteiger partial charge < -0.3 is 9.84 Å². The predicted octanol–water partition coefficient (Wildman–Crippen LogP) is 4.31. The normalized spacial score (nSPS) is 12.2. The zero-order valence-corrected chi connectivity index (χ0v) is 13.1. The first kappa shape index (κ1) is 15.3. The summed E-state index contributed by atoms with van der Waals surface area (Å²) in [6.45, 7) is 8.07. The number of aromatic nitrogens is 1. The molecule has 4 nitrogen and oxygen atoms in total. The maximum atomic E-state index is 12.3. The Kier molecular flexibility index (Phi) is 4.78. The smallest absolute Gasteiger partial charge is 0.261 e. The van der Waals surface area contributed by atoms with Crippen LogP contribution in [0.1, 0.15) is 60.5 Å². The van der Waals surface area contributed by atoms with E-state index in [-0.39, 0.29) is 5.91 Å². The Morgan fingerprint density at radius 3 is 2.52 bits per heavy atom. The van der Waals surface area contributed by atoms with Gasteiger partial charge in [0.1, 0.15) is 11.3 Å². The molecule has 0 unspecified atom stereocenters. The number of aryl methyl sites for hydroxylation is 2. The van der Waals surface area contributed by atoms with Crippen LogP contribution < -0.4 is 5.32 Å². The molecular weight excluding hydrogens is 264 g/mol. The van der Waals surface area contributed by atoms with Gasteiger partial charge in [0, 0.05) is 5.69 Å². The molecule has 0 fully saturated rings. The van der Waals surface area contributed by atoms with Gasteiger partial charge in [-0.2, -0.15) is 0 Å². The van der Waals surface area contributed by atoms with E-state index in [1.54, 1.807) is 6.92 Å². The molecule has 112 valence electrons. The van der Waals surface area contributed by atoms with Crippen LogP contribution in [0.4, 0.5) is 5.69 Å². The first-order valence-corrected chi connectivity index (χ1v) is 7.43. The highest BCUT2D eigenvalue weighted by molar-refractivity contribution is 6.05. The van der Waals surface area contributed by atoms with Gasteiger partial charge >= 0.3 is 0 Å². The second kappa shape index (κ2) is 6.57. The monoisotopic (exact) mass is 286 g/mol. The third kappa shape index (κ3) is 3.32. The van der Waals surface area contributed by atoms with Crippen molar-refractivity contribution in [3.8, 4) is 0 Å². The lowest BCUT2D eigenvalue weighted by Crippen LogP contribution is -2.14. The second-order valence-corrected chi connectivity index (χ2v) is 5.30. The molecule has 2 rings (SSSR count). The molecule has 21 heavy (non-hydrogen) atoms. The van der Waals surface area contributed by atoms with Crippen LogP contribution in [-0.2, 0) is 6.42 Å². The van der Waals surface area contributed by atoms with Crippen molar-refractivity contribution < 1.29 is 9.32 Å². The SMILES string of the molecule is CCc1noc(C)c1C(=O)Nc1ccc([C@@H](C)CC)cc1. The average Bonchev–Trinajstić information content (AvgIpc) is 2.88. The fraction of sp³-hybridized carbons (Fsp3) is 0.412. The third-order valence-electron chi connectivity index (χ3n) is 3.85. The van der Waals surface area contributed by atoms with E-state index >= 15 is 0 Å². The Morgan fingerprint density at radius 2 is 1.95 bits per heavy atom. The van der Waals surface area contributed by atoms with Gasteiger partial charge in [0.2, 0.25) is 0 Å². The van der Waals surface area contributed by atoms with E-state index in [1.807, 2.05) is 19.1 Å². The van der Waals surface area contributed by atoms with Crippen molar-refractivity contribution in [3.05, 3.63) is 46.8 Å².